The Bertz CT molecular complexity index is 369. The van der Waals surface area contributed by atoms with Crippen molar-refractivity contribution in [2.24, 2.45) is 11.7 Å². The van der Waals surface area contributed by atoms with Crippen LogP contribution in [0.3, 0.4) is 0 Å². The lowest BCUT2D eigenvalue weighted by Gasteiger charge is -2.39. The Balaban J connectivity index is 2.06. The van der Waals surface area contributed by atoms with Crippen LogP contribution in [0.1, 0.15) is 25.3 Å². The predicted molar refractivity (Wildman–Crippen MR) is 73.6 cm³/mol. The van der Waals surface area contributed by atoms with Gasteiger partial charge in [-0.05, 0) is 52.9 Å². The van der Waals surface area contributed by atoms with Crippen LogP contribution in [0.2, 0.25) is 0 Å². The van der Waals surface area contributed by atoms with Gasteiger partial charge in [-0.2, -0.15) is 0 Å². The second kappa shape index (κ2) is 5.94. The molecular formula is C13H20BrN3. The molecule has 0 aromatic carbocycles. The van der Waals surface area contributed by atoms with E-state index in [0.717, 1.165) is 24.1 Å². The molecule has 1 saturated heterocycles. The number of rotatable bonds is 3. The molecule has 94 valence electrons. The molecule has 2 unspecified atom stereocenters. The highest BCUT2D eigenvalue weighted by Crippen LogP contribution is 2.24. The summed E-state index contributed by atoms with van der Waals surface area (Å²) in [6.45, 7) is 5.17. The van der Waals surface area contributed by atoms with Gasteiger partial charge in [0.2, 0.25) is 0 Å². The van der Waals surface area contributed by atoms with Gasteiger partial charge in [-0.3, -0.25) is 9.88 Å². The standard InChI is InChI=1S/C13H20BrN3/c1-10-3-2-4-17(13(10)6-15)9-11-5-12(14)8-16-7-11/h5,7-8,10,13H,2-4,6,9,15H2,1H3. The Morgan fingerprint density at radius 1 is 1.53 bits per heavy atom. The van der Waals surface area contributed by atoms with Crippen LogP contribution in [0.5, 0.6) is 0 Å². The number of pyridine rings is 1. The van der Waals surface area contributed by atoms with Gasteiger partial charge in [0.05, 0.1) is 0 Å². The summed E-state index contributed by atoms with van der Waals surface area (Å²) in [5.41, 5.74) is 7.16. The number of aromatic nitrogens is 1. The molecule has 2 heterocycles. The Labute approximate surface area is 112 Å². The van der Waals surface area contributed by atoms with Crippen LogP contribution in [-0.2, 0) is 6.54 Å². The minimum absolute atomic E-state index is 0.516. The van der Waals surface area contributed by atoms with Gasteiger partial charge in [-0.15, -0.1) is 0 Å². The Morgan fingerprint density at radius 3 is 3.06 bits per heavy atom. The molecule has 2 rings (SSSR count). The molecule has 17 heavy (non-hydrogen) atoms. The van der Waals surface area contributed by atoms with E-state index in [1.165, 1.54) is 18.4 Å². The van der Waals surface area contributed by atoms with Gasteiger partial charge in [-0.1, -0.05) is 6.92 Å². The van der Waals surface area contributed by atoms with Gasteiger partial charge in [0.1, 0.15) is 0 Å². The topological polar surface area (TPSA) is 42.2 Å². The van der Waals surface area contributed by atoms with Gasteiger partial charge >= 0.3 is 0 Å². The fourth-order valence-electron chi connectivity index (χ4n) is 2.69. The van der Waals surface area contributed by atoms with Gasteiger partial charge < -0.3 is 5.73 Å². The number of nitrogens with zero attached hydrogens (tertiary/aromatic N) is 2. The molecule has 0 bridgehead atoms. The summed E-state index contributed by atoms with van der Waals surface area (Å²) in [6, 6.07) is 2.66. The maximum Gasteiger partial charge on any atom is 0.0410 e. The Morgan fingerprint density at radius 2 is 2.35 bits per heavy atom. The average molecular weight is 298 g/mol. The van der Waals surface area contributed by atoms with Gasteiger partial charge in [0.25, 0.3) is 0 Å². The zero-order valence-electron chi connectivity index (χ0n) is 10.3. The van der Waals surface area contributed by atoms with Gasteiger partial charge in [-0.25, -0.2) is 0 Å². The third kappa shape index (κ3) is 3.27. The van der Waals surface area contributed by atoms with E-state index in [1.807, 2.05) is 12.4 Å². The van der Waals surface area contributed by atoms with Gasteiger partial charge in [0.15, 0.2) is 0 Å². The van der Waals surface area contributed by atoms with Crippen molar-refractivity contribution in [2.75, 3.05) is 13.1 Å². The largest absolute Gasteiger partial charge is 0.329 e. The highest BCUT2D eigenvalue weighted by Gasteiger charge is 2.27. The first-order valence-electron chi connectivity index (χ1n) is 6.24. The predicted octanol–water partition coefficient (Wildman–Crippen LogP) is 2.40. The van der Waals surface area contributed by atoms with Crippen LogP contribution in [0.15, 0.2) is 22.9 Å². The summed E-state index contributed by atoms with van der Waals surface area (Å²) in [5.74, 6) is 0.703. The SMILES string of the molecule is CC1CCCN(Cc2cncc(Br)c2)C1CN. The zero-order chi connectivity index (χ0) is 12.3. The van der Waals surface area contributed by atoms with Crippen LogP contribution in [-0.4, -0.2) is 29.0 Å². The Kier molecular flexibility index (Phi) is 4.54. The second-order valence-corrected chi connectivity index (χ2v) is 5.82. The summed E-state index contributed by atoms with van der Waals surface area (Å²) in [5, 5.41) is 0. The van der Waals surface area contributed by atoms with E-state index in [2.05, 4.69) is 38.8 Å². The quantitative estimate of drug-likeness (QED) is 0.932. The van der Waals surface area contributed by atoms with E-state index >= 15 is 0 Å². The molecule has 0 saturated carbocycles. The third-order valence-electron chi connectivity index (χ3n) is 3.62. The van der Waals surface area contributed by atoms with E-state index < -0.39 is 0 Å². The molecule has 0 spiro atoms. The summed E-state index contributed by atoms with van der Waals surface area (Å²) in [4.78, 5) is 6.71. The Hall–Kier alpha value is -0.450. The molecule has 4 heteroatoms. The lowest BCUT2D eigenvalue weighted by atomic mass is 9.90. The van der Waals surface area contributed by atoms with Crippen molar-refractivity contribution < 1.29 is 0 Å². The lowest BCUT2D eigenvalue weighted by Crippen LogP contribution is -2.48. The van der Waals surface area contributed by atoms with Crippen LogP contribution in [0.25, 0.3) is 0 Å². The first kappa shape index (κ1) is 13.0. The van der Waals surface area contributed by atoms with E-state index in [4.69, 9.17) is 5.73 Å². The molecule has 2 atom stereocenters. The molecule has 0 radical (unpaired) electrons. The summed E-state index contributed by atoms with van der Waals surface area (Å²) < 4.78 is 1.05. The summed E-state index contributed by atoms with van der Waals surface area (Å²) >= 11 is 3.47. The minimum Gasteiger partial charge on any atom is -0.329 e. The number of likely N-dealkylation sites (tertiary alicyclic amines) is 1. The molecule has 2 N–H and O–H groups in total. The van der Waals surface area contributed by atoms with Crippen molar-refractivity contribution in [3.05, 3.63) is 28.5 Å². The molecule has 1 fully saturated rings. The normalized spacial score (nSPS) is 26.1. The smallest absolute Gasteiger partial charge is 0.0410 e. The van der Waals surface area contributed by atoms with E-state index in [9.17, 15) is 0 Å². The molecule has 3 nitrogen and oxygen atoms in total. The van der Waals surface area contributed by atoms with Crippen molar-refractivity contribution in [1.29, 1.82) is 0 Å². The van der Waals surface area contributed by atoms with Crippen molar-refractivity contribution in [2.45, 2.75) is 32.4 Å². The number of hydrogen-bond donors (Lipinski definition) is 1. The molecule has 0 amide bonds. The maximum absolute atomic E-state index is 5.90. The molecule has 1 aromatic heterocycles. The molecule has 1 aromatic rings. The highest BCUT2D eigenvalue weighted by molar-refractivity contribution is 9.10. The van der Waals surface area contributed by atoms with Crippen LogP contribution < -0.4 is 5.73 Å². The molecule has 0 aliphatic carbocycles. The summed E-state index contributed by atoms with van der Waals surface area (Å²) in [6.07, 6.45) is 6.34. The molecule has 1 aliphatic heterocycles. The van der Waals surface area contributed by atoms with E-state index in [1.54, 1.807) is 0 Å². The fourth-order valence-corrected chi connectivity index (χ4v) is 3.10. The number of halogens is 1. The zero-order valence-corrected chi connectivity index (χ0v) is 11.9. The summed E-state index contributed by atoms with van der Waals surface area (Å²) in [7, 11) is 0. The molecule has 1 aliphatic rings. The second-order valence-electron chi connectivity index (χ2n) is 4.90. The van der Waals surface area contributed by atoms with Crippen LogP contribution >= 0.6 is 15.9 Å². The highest BCUT2D eigenvalue weighted by atomic mass is 79.9. The third-order valence-corrected chi connectivity index (χ3v) is 4.05. The number of nitrogens with two attached hydrogens (primary N) is 1. The fraction of sp³-hybridized carbons (Fsp3) is 0.615. The van der Waals surface area contributed by atoms with E-state index in [-0.39, 0.29) is 0 Å². The monoisotopic (exact) mass is 297 g/mol. The lowest BCUT2D eigenvalue weighted by molar-refractivity contribution is 0.0989. The first-order valence-corrected chi connectivity index (χ1v) is 7.03. The van der Waals surface area contributed by atoms with Crippen LogP contribution in [0.4, 0.5) is 0 Å². The first-order chi connectivity index (χ1) is 8.20. The van der Waals surface area contributed by atoms with E-state index in [0.29, 0.717) is 12.0 Å². The maximum atomic E-state index is 5.90. The van der Waals surface area contributed by atoms with Gasteiger partial charge in [0, 0.05) is 36.0 Å². The molecular weight excluding hydrogens is 278 g/mol. The number of hydrogen-bond acceptors (Lipinski definition) is 3. The average Bonchev–Trinajstić information content (AvgIpc) is 2.29. The number of piperidine rings is 1. The van der Waals surface area contributed by atoms with Crippen molar-refractivity contribution >= 4 is 15.9 Å². The minimum atomic E-state index is 0.516. The van der Waals surface area contributed by atoms with Crippen LogP contribution in [0, 0.1) is 5.92 Å². The van der Waals surface area contributed by atoms with Crippen molar-refractivity contribution in [1.82, 2.24) is 9.88 Å². The van der Waals surface area contributed by atoms with Crippen molar-refractivity contribution in [3.8, 4) is 0 Å². The van der Waals surface area contributed by atoms with Crippen molar-refractivity contribution in [3.63, 3.8) is 0 Å².